The molecule has 66 heavy (non-hydrogen) atoms. The van der Waals surface area contributed by atoms with E-state index in [2.05, 4.69) is 20.6 Å². The molecule has 0 bridgehead atoms. The molecule has 2 fully saturated rings. The third-order valence-electron chi connectivity index (χ3n) is 10.7. The number of sulfone groups is 2. The summed E-state index contributed by atoms with van der Waals surface area (Å²) in [6.45, 7) is -0.0614. The molecular weight excluding hydrogens is 963 g/mol. The van der Waals surface area contributed by atoms with Gasteiger partial charge in [-0.15, -0.1) is 0 Å². The van der Waals surface area contributed by atoms with Gasteiger partial charge in [0.05, 0.1) is 45.9 Å². The molecule has 4 heterocycles. The average Bonchev–Trinajstić information content (AvgIpc) is 4.14. The highest BCUT2D eigenvalue weighted by Gasteiger charge is 2.69. The van der Waals surface area contributed by atoms with Crippen molar-refractivity contribution in [2.24, 2.45) is 0 Å². The number of amides is 2. The van der Waals surface area contributed by atoms with Crippen molar-refractivity contribution in [3.05, 3.63) is 142 Å². The molecule has 2 saturated heterocycles. The third kappa shape index (κ3) is 8.75. The molecule has 0 saturated carbocycles. The molecule has 4 unspecified atom stereocenters. The summed E-state index contributed by atoms with van der Waals surface area (Å²) in [4.78, 5) is 38.3. The molecule has 2 amide bonds. The van der Waals surface area contributed by atoms with Crippen LogP contribution in [0.2, 0.25) is 0 Å². The Morgan fingerprint density at radius 3 is 1.27 bits per heavy atom. The second kappa shape index (κ2) is 18.4. The lowest BCUT2D eigenvalue weighted by Gasteiger charge is -2.47. The van der Waals surface area contributed by atoms with Gasteiger partial charge in [-0.25, -0.2) is 44.4 Å². The van der Waals surface area contributed by atoms with E-state index in [0.717, 1.165) is 48.5 Å². The molecule has 0 spiro atoms. The van der Waals surface area contributed by atoms with Gasteiger partial charge in [-0.05, 0) is 61.4 Å². The van der Waals surface area contributed by atoms with Crippen molar-refractivity contribution in [2.75, 3.05) is 37.1 Å². The zero-order valence-corrected chi connectivity index (χ0v) is 36.8. The van der Waals surface area contributed by atoms with E-state index in [1.807, 2.05) is 0 Å². The quantitative estimate of drug-likeness (QED) is 0.0997. The Labute approximate surface area is 379 Å². The zero-order valence-electron chi connectivity index (χ0n) is 33.5. The number of benzene rings is 4. The molecule has 14 nitrogen and oxygen atoms in total. The molecular formula is C42H32F6N4O10S4. The Bertz CT molecular complexity index is 2820. The van der Waals surface area contributed by atoms with Crippen LogP contribution in [0.3, 0.4) is 0 Å². The molecule has 2 N–H and O–H groups in total. The van der Waals surface area contributed by atoms with E-state index >= 15 is 18.4 Å². The van der Waals surface area contributed by atoms with Gasteiger partial charge in [0, 0.05) is 36.5 Å². The van der Waals surface area contributed by atoms with Gasteiger partial charge in [-0.3, -0.25) is 20.2 Å². The number of ether oxygens (including phenoxy) is 4. The fourth-order valence-electron chi connectivity index (χ4n) is 7.44. The third-order valence-corrected chi connectivity index (χ3v) is 16.4. The fourth-order valence-corrected chi connectivity index (χ4v) is 11.7. The first kappa shape index (κ1) is 46.6. The molecule has 2 aromatic heterocycles. The van der Waals surface area contributed by atoms with Crippen LogP contribution in [0.15, 0.2) is 107 Å². The normalized spacial score (nSPS) is 18.3. The van der Waals surface area contributed by atoms with Gasteiger partial charge in [-0.2, -0.15) is 8.78 Å². The Hall–Kier alpha value is -5.92. The molecule has 8 rings (SSSR count). The number of halogens is 6. The van der Waals surface area contributed by atoms with E-state index in [9.17, 15) is 34.4 Å². The number of rotatable bonds is 15. The van der Waals surface area contributed by atoms with Crippen molar-refractivity contribution in [3.8, 4) is 11.5 Å². The smallest absolute Gasteiger partial charge is 0.280 e. The minimum absolute atomic E-state index is 0.116. The molecule has 0 radical (unpaired) electrons. The van der Waals surface area contributed by atoms with Gasteiger partial charge in [0.1, 0.15) is 11.6 Å². The van der Waals surface area contributed by atoms with Gasteiger partial charge in [0.2, 0.25) is 0 Å². The maximum absolute atomic E-state index is 16.2. The zero-order chi connectivity index (χ0) is 47.0. The number of hydrogen-bond donors (Lipinski definition) is 2. The van der Waals surface area contributed by atoms with E-state index in [1.165, 1.54) is 0 Å². The van der Waals surface area contributed by atoms with E-state index in [-0.39, 0.29) is 71.7 Å². The summed E-state index contributed by atoms with van der Waals surface area (Å²) in [5, 5.41) is -0.393. The fraction of sp³-hybridized carbons (Fsp3) is 0.238. The molecule has 0 aliphatic carbocycles. The lowest BCUT2D eigenvalue weighted by atomic mass is 9.71. The van der Waals surface area contributed by atoms with E-state index in [4.69, 9.17) is 18.9 Å². The van der Waals surface area contributed by atoms with Crippen LogP contribution in [0.25, 0.3) is 0 Å². The van der Waals surface area contributed by atoms with Gasteiger partial charge in [0.25, 0.3) is 23.0 Å². The van der Waals surface area contributed by atoms with Crippen molar-refractivity contribution in [3.63, 3.8) is 0 Å². The van der Waals surface area contributed by atoms with Crippen LogP contribution >= 0.6 is 22.7 Å². The van der Waals surface area contributed by atoms with Gasteiger partial charge in [-0.1, -0.05) is 46.9 Å². The number of nitrogens with one attached hydrogen (secondary N) is 2. The second-order valence-electron chi connectivity index (χ2n) is 14.7. The number of thiazole rings is 2. The predicted octanol–water partition coefficient (Wildman–Crippen LogP) is 7.09. The first-order chi connectivity index (χ1) is 31.4. The van der Waals surface area contributed by atoms with Crippen LogP contribution in [0.5, 0.6) is 11.5 Å². The topological polar surface area (TPSA) is 189 Å². The number of carbonyl (C=O) groups is 2. The minimum Gasteiger partial charge on any atom is -0.464 e. The number of nitrogens with zero attached hydrogens (tertiary/aromatic N) is 2. The summed E-state index contributed by atoms with van der Waals surface area (Å²) in [7, 11) is -8.37. The minimum atomic E-state index is -4.19. The van der Waals surface area contributed by atoms with Gasteiger partial charge in [0.15, 0.2) is 63.3 Å². The summed E-state index contributed by atoms with van der Waals surface area (Å²) >= 11 is 0.507. The summed E-state index contributed by atoms with van der Waals surface area (Å²) < 4.78 is 169. The van der Waals surface area contributed by atoms with Crippen LogP contribution in [0.4, 0.5) is 36.6 Å². The first-order valence-corrected chi connectivity index (χ1v) is 24.1. The summed E-state index contributed by atoms with van der Waals surface area (Å²) in [5.41, 5.74) is -8.25. The van der Waals surface area contributed by atoms with Crippen molar-refractivity contribution in [1.82, 2.24) is 9.97 Å². The van der Waals surface area contributed by atoms with Crippen molar-refractivity contribution in [1.29, 1.82) is 0 Å². The van der Waals surface area contributed by atoms with E-state index < -0.39 is 120 Å². The van der Waals surface area contributed by atoms with Crippen LogP contribution in [0, 0.1) is 33.5 Å². The first-order valence-electron chi connectivity index (χ1n) is 19.4. The lowest BCUT2D eigenvalue weighted by Crippen LogP contribution is -2.68. The molecule has 4 aromatic carbocycles. The predicted molar refractivity (Wildman–Crippen MR) is 224 cm³/mol. The maximum Gasteiger partial charge on any atom is 0.280 e. The molecule has 2 aliphatic heterocycles. The second-order valence-corrected chi connectivity index (χ2v) is 21.1. The average molecular weight is 995 g/mol. The highest BCUT2D eigenvalue weighted by atomic mass is 32.2. The summed E-state index contributed by atoms with van der Waals surface area (Å²) in [6.07, 6.45) is 1.63. The van der Waals surface area contributed by atoms with Crippen molar-refractivity contribution >= 4 is 64.4 Å². The highest BCUT2D eigenvalue weighted by Crippen LogP contribution is 2.51. The number of anilines is 2. The van der Waals surface area contributed by atoms with Crippen LogP contribution in [-0.4, -0.2) is 75.5 Å². The van der Waals surface area contributed by atoms with Crippen LogP contribution in [-0.2, 0) is 49.9 Å². The summed E-state index contributed by atoms with van der Waals surface area (Å²) in [5.74, 6) is -10.6. The SMILES string of the molecule is O=C(Nc1ncc(F)s1)C(Oc1ccc(F)cc1F)(c1ccc(S(=O)(=O)C2CCOC2)cc1)C(Oc1ccc(F)cc1F)(C(=O)Nc1ncc(F)s1)c1ccc(S(=O)(=O)C2CCOC2)cc1. The van der Waals surface area contributed by atoms with Gasteiger partial charge < -0.3 is 18.9 Å². The maximum atomic E-state index is 16.2. The molecule has 6 aromatic rings. The lowest BCUT2D eigenvalue weighted by molar-refractivity contribution is -0.173. The monoisotopic (exact) mass is 994 g/mol. The summed E-state index contributed by atoms with van der Waals surface area (Å²) in [6, 6.07) is 11.3. The van der Waals surface area contributed by atoms with E-state index in [0.29, 0.717) is 48.8 Å². The Balaban J connectivity index is 1.49. The molecule has 4 atom stereocenters. The van der Waals surface area contributed by atoms with E-state index in [1.54, 1.807) is 0 Å². The van der Waals surface area contributed by atoms with Crippen LogP contribution in [0.1, 0.15) is 24.0 Å². The molecule has 346 valence electrons. The number of hydrogen-bond acceptors (Lipinski definition) is 14. The van der Waals surface area contributed by atoms with Gasteiger partial charge >= 0.3 is 0 Å². The van der Waals surface area contributed by atoms with Crippen molar-refractivity contribution < 1.29 is 71.7 Å². The molecule has 24 heteroatoms. The highest BCUT2D eigenvalue weighted by molar-refractivity contribution is 7.92. The molecule has 2 aliphatic rings. The largest absolute Gasteiger partial charge is 0.464 e. The van der Waals surface area contributed by atoms with Crippen molar-refractivity contribution in [2.45, 2.75) is 44.3 Å². The van der Waals surface area contributed by atoms with Crippen LogP contribution < -0.4 is 20.1 Å². The number of carbonyl (C=O) groups excluding carboxylic acids is 2. The Kier molecular flexibility index (Phi) is 13.0. The Morgan fingerprint density at radius 1 is 0.591 bits per heavy atom. The Morgan fingerprint density at radius 2 is 0.970 bits per heavy atom. The number of aromatic nitrogens is 2. The standard InChI is InChI=1S/C42H32F6N4O10S4/c43-25-5-11-33(31(45)17-25)61-41(37(53)51-39-49-19-35(47)63-39,23-1-7-27(8-2-23)65(55,56)29-13-15-59-21-29)42(38(54)52-40-50-20-36(48)64-40,62-34-12-6-26(44)18-32(34)46)24-3-9-28(10-4-24)66(57,58)30-14-16-60-22-30/h1-12,17-20,29-30H,13-16,21-22H2,(H,49,51,53)(H,50,52,54).